The van der Waals surface area contributed by atoms with Crippen LogP contribution in [0.4, 0.5) is 8.78 Å². The van der Waals surface area contributed by atoms with Gasteiger partial charge >= 0.3 is 5.97 Å². The van der Waals surface area contributed by atoms with E-state index in [-0.39, 0.29) is 12.8 Å². The highest BCUT2D eigenvalue weighted by molar-refractivity contribution is 6.04. The summed E-state index contributed by atoms with van der Waals surface area (Å²) in [6, 6.07) is 0. The van der Waals surface area contributed by atoms with E-state index in [1.165, 1.54) is 7.05 Å². The van der Waals surface area contributed by atoms with Crippen LogP contribution >= 0.6 is 0 Å². The molecule has 0 aliphatic heterocycles. The lowest BCUT2D eigenvalue weighted by atomic mass is 10.1. The predicted octanol–water partition coefficient (Wildman–Crippen LogP) is 0.575. The molecule has 0 unspecified atom stereocenters. The van der Waals surface area contributed by atoms with E-state index in [0.717, 1.165) is 4.90 Å². The second kappa shape index (κ2) is 3.51. The van der Waals surface area contributed by atoms with E-state index in [4.69, 9.17) is 5.11 Å². The molecule has 80 valence electrons. The summed E-state index contributed by atoms with van der Waals surface area (Å²) in [6.45, 7) is -0.714. The predicted molar refractivity (Wildman–Crippen MR) is 42.9 cm³/mol. The topological polar surface area (TPSA) is 57.6 Å². The Bertz CT molecular complexity index is 263. The van der Waals surface area contributed by atoms with Crippen LogP contribution in [0.5, 0.6) is 0 Å². The van der Waals surface area contributed by atoms with Crippen LogP contribution in [0, 0.1) is 5.41 Å². The number of carbonyl (C=O) groups excluding carboxylic acids is 1. The second-order valence-corrected chi connectivity index (χ2v) is 3.46. The smallest absolute Gasteiger partial charge is 0.319 e. The number of carboxylic acid groups (broad SMARTS) is 1. The van der Waals surface area contributed by atoms with Crippen LogP contribution in [0.2, 0.25) is 0 Å². The third kappa shape index (κ3) is 1.83. The molecule has 1 rings (SSSR count). The third-order valence-electron chi connectivity index (χ3n) is 2.33. The lowest BCUT2D eigenvalue weighted by Gasteiger charge is -2.20. The van der Waals surface area contributed by atoms with Gasteiger partial charge in [0.1, 0.15) is 5.41 Å². The standard InChI is InChI=1S/C8H11F2NO3/c1-11(4-5(9)10)6(12)8(2-3-8)7(13)14/h5H,2-4H2,1H3,(H,13,14). The number of amides is 1. The van der Waals surface area contributed by atoms with Crippen LogP contribution in [0.25, 0.3) is 0 Å². The molecule has 6 heteroatoms. The molecule has 0 aromatic heterocycles. The fourth-order valence-corrected chi connectivity index (χ4v) is 1.30. The largest absolute Gasteiger partial charge is 0.480 e. The van der Waals surface area contributed by atoms with Gasteiger partial charge in [0.25, 0.3) is 6.43 Å². The minimum atomic E-state index is -2.63. The average molecular weight is 207 g/mol. The number of aliphatic carboxylic acids is 1. The molecule has 1 aliphatic rings. The number of nitrogens with zero attached hydrogens (tertiary/aromatic N) is 1. The van der Waals surface area contributed by atoms with Crippen molar-refractivity contribution in [3.63, 3.8) is 0 Å². The first kappa shape index (κ1) is 10.9. The van der Waals surface area contributed by atoms with Gasteiger partial charge in [-0.25, -0.2) is 8.78 Å². The van der Waals surface area contributed by atoms with Crippen LogP contribution in [0.15, 0.2) is 0 Å². The van der Waals surface area contributed by atoms with Crippen molar-refractivity contribution in [1.82, 2.24) is 4.90 Å². The molecule has 14 heavy (non-hydrogen) atoms. The molecule has 1 aliphatic carbocycles. The molecular formula is C8H11F2NO3. The normalized spacial score (nSPS) is 18.0. The lowest BCUT2D eigenvalue weighted by Crippen LogP contribution is -2.40. The number of carboxylic acids is 1. The molecule has 0 aromatic carbocycles. The summed E-state index contributed by atoms with van der Waals surface area (Å²) in [5.41, 5.74) is -1.41. The Morgan fingerprint density at radius 2 is 2.00 bits per heavy atom. The molecule has 0 spiro atoms. The lowest BCUT2D eigenvalue weighted by molar-refractivity contribution is -0.153. The van der Waals surface area contributed by atoms with E-state index in [1.807, 2.05) is 0 Å². The minimum absolute atomic E-state index is 0.245. The Labute approximate surface area is 79.5 Å². The first-order chi connectivity index (χ1) is 6.40. The van der Waals surface area contributed by atoms with E-state index in [2.05, 4.69) is 0 Å². The second-order valence-electron chi connectivity index (χ2n) is 3.46. The molecule has 0 bridgehead atoms. The first-order valence-electron chi connectivity index (χ1n) is 4.17. The van der Waals surface area contributed by atoms with Gasteiger partial charge < -0.3 is 10.0 Å². The summed E-state index contributed by atoms with van der Waals surface area (Å²) in [5.74, 6) is -1.94. The van der Waals surface area contributed by atoms with Gasteiger partial charge in [0, 0.05) is 7.05 Å². The maximum atomic E-state index is 11.9. The highest BCUT2D eigenvalue weighted by Crippen LogP contribution is 2.47. The van der Waals surface area contributed by atoms with Crippen molar-refractivity contribution in [2.45, 2.75) is 19.3 Å². The number of carbonyl (C=O) groups is 2. The molecule has 0 saturated heterocycles. The summed E-state index contributed by atoms with van der Waals surface area (Å²) in [7, 11) is 1.19. The first-order valence-corrected chi connectivity index (χ1v) is 4.17. The molecule has 0 aromatic rings. The van der Waals surface area contributed by atoms with Gasteiger partial charge in [-0.1, -0.05) is 0 Å². The molecular weight excluding hydrogens is 196 g/mol. The summed E-state index contributed by atoms with van der Waals surface area (Å²) >= 11 is 0. The molecule has 1 saturated carbocycles. The molecule has 1 N–H and O–H groups in total. The minimum Gasteiger partial charge on any atom is -0.480 e. The Balaban J connectivity index is 2.61. The van der Waals surface area contributed by atoms with Crippen LogP contribution in [-0.2, 0) is 9.59 Å². The molecule has 0 heterocycles. The Morgan fingerprint density at radius 1 is 1.50 bits per heavy atom. The van der Waals surface area contributed by atoms with Gasteiger partial charge in [-0.05, 0) is 12.8 Å². The maximum absolute atomic E-state index is 11.9. The van der Waals surface area contributed by atoms with Crippen molar-refractivity contribution < 1.29 is 23.5 Å². The number of rotatable bonds is 4. The van der Waals surface area contributed by atoms with E-state index < -0.39 is 30.3 Å². The fourth-order valence-electron chi connectivity index (χ4n) is 1.30. The molecule has 0 atom stereocenters. The highest BCUT2D eigenvalue weighted by atomic mass is 19.3. The Hall–Kier alpha value is -1.20. The van der Waals surface area contributed by atoms with Crippen molar-refractivity contribution in [2.24, 2.45) is 5.41 Å². The number of hydrogen-bond donors (Lipinski definition) is 1. The summed E-state index contributed by atoms with van der Waals surface area (Å²) < 4.78 is 23.8. The van der Waals surface area contributed by atoms with Gasteiger partial charge in [0.15, 0.2) is 0 Å². The molecule has 1 amide bonds. The Kier molecular flexibility index (Phi) is 2.73. The van der Waals surface area contributed by atoms with Crippen molar-refractivity contribution in [1.29, 1.82) is 0 Å². The van der Waals surface area contributed by atoms with E-state index in [0.29, 0.717) is 0 Å². The number of alkyl halides is 2. The summed E-state index contributed by atoms with van der Waals surface area (Å²) in [6.07, 6.45) is -2.14. The van der Waals surface area contributed by atoms with Crippen LogP contribution in [0.3, 0.4) is 0 Å². The van der Waals surface area contributed by atoms with E-state index in [1.54, 1.807) is 0 Å². The van der Waals surface area contributed by atoms with Crippen LogP contribution in [-0.4, -0.2) is 41.9 Å². The van der Waals surface area contributed by atoms with Crippen LogP contribution in [0.1, 0.15) is 12.8 Å². The van der Waals surface area contributed by atoms with Crippen molar-refractivity contribution in [2.75, 3.05) is 13.6 Å². The molecule has 0 radical (unpaired) electrons. The molecule has 4 nitrogen and oxygen atoms in total. The average Bonchev–Trinajstić information content (AvgIpc) is 2.81. The van der Waals surface area contributed by atoms with Gasteiger partial charge in [-0.15, -0.1) is 0 Å². The van der Waals surface area contributed by atoms with Crippen LogP contribution < -0.4 is 0 Å². The third-order valence-corrected chi connectivity index (χ3v) is 2.33. The van der Waals surface area contributed by atoms with Crippen molar-refractivity contribution >= 4 is 11.9 Å². The SMILES string of the molecule is CN(CC(F)F)C(=O)C1(C(=O)O)CC1. The van der Waals surface area contributed by atoms with E-state index >= 15 is 0 Å². The monoisotopic (exact) mass is 207 g/mol. The van der Waals surface area contributed by atoms with Gasteiger partial charge in [-0.2, -0.15) is 0 Å². The zero-order valence-corrected chi connectivity index (χ0v) is 7.67. The summed E-state index contributed by atoms with van der Waals surface area (Å²) in [5, 5.41) is 8.72. The van der Waals surface area contributed by atoms with Crippen molar-refractivity contribution in [3.8, 4) is 0 Å². The zero-order valence-electron chi connectivity index (χ0n) is 7.67. The number of halogens is 2. The highest BCUT2D eigenvalue weighted by Gasteiger charge is 2.58. The Morgan fingerprint density at radius 3 is 2.29 bits per heavy atom. The number of hydrogen-bond acceptors (Lipinski definition) is 2. The van der Waals surface area contributed by atoms with Gasteiger partial charge in [-0.3, -0.25) is 9.59 Å². The quantitative estimate of drug-likeness (QED) is 0.686. The van der Waals surface area contributed by atoms with E-state index in [9.17, 15) is 18.4 Å². The fraction of sp³-hybridized carbons (Fsp3) is 0.750. The summed E-state index contributed by atoms with van der Waals surface area (Å²) in [4.78, 5) is 22.9. The van der Waals surface area contributed by atoms with Crippen molar-refractivity contribution in [3.05, 3.63) is 0 Å². The van der Waals surface area contributed by atoms with Gasteiger partial charge in [0.2, 0.25) is 5.91 Å². The molecule has 1 fully saturated rings. The van der Waals surface area contributed by atoms with Gasteiger partial charge in [0.05, 0.1) is 6.54 Å². The zero-order chi connectivity index (χ0) is 10.9. The maximum Gasteiger partial charge on any atom is 0.319 e.